The number of nitrogen functional groups attached to an aromatic ring is 1. The van der Waals surface area contributed by atoms with Gasteiger partial charge in [0.05, 0.1) is 5.69 Å². The summed E-state index contributed by atoms with van der Waals surface area (Å²) in [6, 6.07) is 10.1. The standard InChI is InChI=1S/C15H16N2OS/c1-10-4-5-14-11(7-10)8-12(18-14)9-19-15-13(16)3-2-6-17-15/h2-7,12H,8-9,16H2,1H3. The molecule has 98 valence electrons. The van der Waals surface area contributed by atoms with Crippen LogP contribution in [0.3, 0.4) is 0 Å². The Balaban J connectivity index is 1.63. The van der Waals surface area contributed by atoms with Crippen molar-refractivity contribution in [2.45, 2.75) is 24.5 Å². The summed E-state index contributed by atoms with van der Waals surface area (Å²) in [6.45, 7) is 2.11. The number of aryl methyl sites for hydroxylation is 1. The maximum absolute atomic E-state index is 5.93. The van der Waals surface area contributed by atoms with E-state index in [-0.39, 0.29) is 6.10 Å². The van der Waals surface area contributed by atoms with Gasteiger partial charge >= 0.3 is 0 Å². The van der Waals surface area contributed by atoms with Gasteiger partial charge in [-0.15, -0.1) is 11.8 Å². The summed E-state index contributed by atoms with van der Waals surface area (Å²) in [4.78, 5) is 4.28. The highest BCUT2D eigenvalue weighted by molar-refractivity contribution is 7.99. The van der Waals surface area contributed by atoms with Crippen molar-refractivity contribution in [2.75, 3.05) is 11.5 Å². The maximum Gasteiger partial charge on any atom is 0.123 e. The number of nitrogens with zero attached hydrogens (tertiary/aromatic N) is 1. The molecule has 0 bridgehead atoms. The molecule has 0 saturated heterocycles. The predicted molar refractivity (Wildman–Crippen MR) is 78.7 cm³/mol. The molecule has 2 aromatic rings. The Morgan fingerprint density at radius 2 is 2.32 bits per heavy atom. The van der Waals surface area contributed by atoms with Crippen LogP contribution in [-0.2, 0) is 6.42 Å². The lowest BCUT2D eigenvalue weighted by atomic mass is 10.1. The fourth-order valence-corrected chi connectivity index (χ4v) is 3.14. The van der Waals surface area contributed by atoms with Crippen molar-refractivity contribution in [1.29, 1.82) is 0 Å². The molecule has 4 heteroatoms. The second-order valence-corrected chi connectivity index (χ2v) is 5.77. The quantitative estimate of drug-likeness (QED) is 0.872. The van der Waals surface area contributed by atoms with Crippen molar-refractivity contribution in [2.24, 2.45) is 0 Å². The first-order chi connectivity index (χ1) is 9.22. The molecule has 1 aromatic heterocycles. The van der Waals surface area contributed by atoms with Crippen LogP contribution < -0.4 is 10.5 Å². The molecule has 0 saturated carbocycles. The number of benzene rings is 1. The molecule has 3 nitrogen and oxygen atoms in total. The minimum absolute atomic E-state index is 0.211. The molecule has 1 unspecified atom stereocenters. The summed E-state index contributed by atoms with van der Waals surface area (Å²) in [5.41, 5.74) is 9.21. The molecule has 2 heterocycles. The largest absolute Gasteiger partial charge is 0.489 e. The Morgan fingerprint density at radius 3 is 3.16 bits per heavy atom. The van der Waals surface area contributed by atoms with Gasteiger partial charge in [-0.1, -0.05) is 17.7 Å². The van der Waals surface area contributed by atoms with Crippen LogP contribution in [0.2, 0.25) is 0 Å². The number of anilines is 1. The highest BCUT2D eigenvalue weighted by atomic mass is 32.2. The molecule has 1 aliphatic rings. The van der Waals surface area contributed by atoms with E-state index in [0.29, 0.717) is 0 Å². The molecule has 0 amide bonds. The van der Waals surface area contributed by atoms with E-state index >= 15 is 0 Å². The van der Waals surface area contributed by atoms with Gasteiger partial charge in [-0.25, -0.2) is 4.98 Å². The third-order valence-corrected chi connectivity index (χ3v) is 4.32. The molecule has 0 aliphatic carbocycles. The zero-order chi connectivity index (χ0) is 13.2. The summed E-state index contributed by atoms with van der Waals surface area (Å²) in [7, 11) is 0. The van der Waals surface area contributed by atoms with E-state index in [1.165, 1.54) is 11.1 Å². The van der Waals surface area contributed by atoms with Crippen LogP contribution in [0, 0.1) is 6.92 Å². The molecule has 1 aliphatic heterocycles. The number of hydrogen-bond donors (Lipinski definition) is 1. The Kier molecular flexibility index (Phi) is 3.34. The van der Waals surface area contributed by atoms with Crippen LogP contribution in [0.4, 0.5) is 5.69 Å². The second-order valence-electron chi connectivity index (χ2n) is 4.76. The summed E-state index contributed by atoms with van der Waals surface area (Å²) in [5, 5.41) is 0.887. The number of fused-ring (bicyclic) bond motifs is 1. The molecule has 1 atom stereocenters. The summed E-state index contributed by atoms with van der Waals surface area (Å²) in [6.07, 6.45) is 2.95. The van der Waals surface area contributed by atoms with Crippen LogP contribution in [0.5, 0.6) is 5.75 Å². The predicted octanol–water partition coefficient (Wildman–Crippen LogP) is 3.07. The lowest BCUT2D eigenvalue weighted by molar-refractivity contribution is 0.259. The van der Waals surface area contributed by atoms with Crippen molar-refractivity contribution in [1.82, 2.24) is 4.98 Å². The zero-order valence-corrected chi connectivity index (χ0v) is 11.6. The van der Waals surface area contributed by atoms with E-state index in [0.717, 1.165) is 28.6 Å². The number of nitrogens with two attached hydrogens (primary N) is 1. The van der Waals surface area contributed by atoms with E-state index < -0.39 is 0 Å². The first-order valence-corrected chi connectivity index (χ1v) is 7.30. The van der Waals surface area contributed by atoms with Crippen molar-refractivity contribution in [3.63, 3.8) is 0 Å². The highest BCUT2D eigenvalue weighted by Crippen LogP contribution is 2.32. The average molecular weight is 272 g/mol. The topological polar surface area (TPSA) is 48.1 Å². The number of pyridine rings is 1. The Morgan fingerprint density at radius 1 is 1.42 bits per heavy atom. The van der Waals surface area contributed by atoms with Gasteiger partial charge in [0.25, 0.3) is 0 Å². The van der Waals surface area contributed by atoms with Crippen molar-refractivity contribution in [3.05, 3.63) is 47.7 Å². The molecule has 1 aromatic carbocycles. The smallest absolute Gasteiger partial charge is 0.123 e. The summed E-state index contributed by atoms with van der Waals surface area (Å²) < 4.78 is 5.93. The molecule has 2 N–H and O–H groups in total. The van der Waals surface area contributed by atoms with Crippen molar-refractivity contribution < 1.29 is 4.74 Å². The first kappa shape index (κ1) is 12.4. The van der Waals surface area contributed by atoms with E-state index in [1.807, 2.05) is 12.1 Å². The SMILES string of the molecule is Cc1ccc2c(c1)CC(CSc1ncccc1N)O2. The van der Waals surface area contributed by atoms with Crippen LogP contribution in [-0.4, -0.2) is 16.8 Å². The van der Waals surface area contributed by atoms with Gasteiger partial charge in [0.15, 0.2) is 0 Å². The number of ether oxygens (including phenoxy) is 1. The third-order valence-electron chi connectivity index (χ3n) is 3.16. The highest BCUT2D eigenvalue weighted by Gasteiger charge is 2.23. The third kappa shape index (κ3) is 2.68. The van der Waals surface area contributed by atoms with E-state index in [4.69, 9.17) is 10.5 Å². The number of rotatable bonds is 3. The van der Waals surface area contributed by atoms with Gasteiger partial charge in [0.2, 0.25) is 0 Å². The molecular formula is C15H16N2OS. The van der Waals surface area contributed by atoms with Crippen molar-refractivity contribution >= 4 is 17.4 Å². The van der Waals surface area contributed by atoms with Gasteiger partial charge in [-0.2, -0.15) is 0 Å². The molecule has 0 fully saturated rings. The first-order valence-electron chi connectivity index (χ1n) is 6.32. The molecule has 19 heavy (non-hydrogen) atoms. The summed E-state index contributed by atoms with van der Waals surface area (Å²) in [5.74, 6) is 1.89. The van der Waals surface area contributed by atoms with Crippen LogP contribution in [0.15, 0.2) is 41.6 Å². The van der Waals surface area contributed by atoms with Gasteiger partial charge < -0.3 is 10.5 Å². The van der Waals surface area contributed by atoms with Crippen molar-refractivity contribution in [3.8, 4) is 5.75 Å². The minimum Gasteiger partial charge on any atom is -0.489 e. The second kappa shape index (κ2) is 5.13. The number of aromatic nitrogens is 1. The van der Waals surface area contributed by atoms with Gasteiger partial charge in [0.1, 0.15) is 16.9 Å². The van der Waals surface area contributed by atoms with Gasteiger partial charge in [0, 0.05) is 18.4 Å². The monoisotopic (exact) mass is 272 g/mol. The van der Waals surface area contributed by atoms with Crippen LogP contribution in [0.1, 0.15) is 11.1 Å². The zero-order valence-electron chi connectivity index (χ0n) is 10.8. The Hall–Kier alpha value is -1.68. The number of thioether (sulfide) groups is 1. The normalized spacial score (nSPS) is 17.0. The van der Waals surface area contributed by atoms with E-state index in [1.54, 1.807) is 18.0 Å². The lowest BCUT2D eigenvalue weighted by Crippen LogP contribution is -2.16. The minimum atomic E-state index is 0.211. The van der Waals surface area contributed by atoms with Gasteiger partial charge in [-0.05, 0) is 30.7 Å². The average Bonchev–Trinajstić information content (AvgIpc) is 2.79. The maximum atomic E-state index is 5.93. The Labute approximate surface area is 117 Å². The molecular weight excluding hydrogens is 256 g/mol. The van der Waals surface area contributed by atoms with Crippen LogP contribution in [0.25, 0.3) is 0 Å². The van der Waals surface area contributed by atoms with Gasteiger partial charge in [-0.3, -0.25) is 0 Å². The van der Waals surface area contributed by atoms with E-state index in [9.17, 15) is 0 Å². The van der Waals surface area contributed by atoms with E-state index in [2.05, 4.69) is 30.1 Å². The molecule has 0 spiro atoms. The Bertz CT molecular complexity index is 600. The molecule has 0 radical (unpaired) electrons. The summed E-state index contributed by atoms with van der Waals surface area (Å²) >= 11 is 1.66. The lowest BCUT2D eigenvalue weighted by Gasteiger charge is -2.10. The van der Waals surface area contributed by atoms with Crippen LogP contribution >= 0.6 is 11.8 Å². The molecule has 3 rings (SSSR count). The fraction of sp³-hybridized carbons (Fsp3) is 0.267. The fourth-order valence-electron chi connectivity index (χ4n) is 2.24. The number of hydrogen-bond acceptors (Lipinski definition) is 4.